The van der Waals surface area contributed by atoms with E-state index in [2.05, 4.69) is 10.2 Å². The number of halogens is 3. The first kappa shape index (κ1) is 21.6. The Hall–Kier alpha value is -3.08. The number of hydrogen-bond acceptors (Lipinski definition) is 7. The highest BCUT2D eigenvalue weighted by Crippen LogP contribution is 2.41. The molecule has 0 saturated carbocycles. The number of methoxy groups -OCH3 is 3. The maximum atomic E-state index is 12.9. The Bertz CT molecular complexity index is 1020. The predicted octanol–water partition coefficient (Wildman–Crippen LogP) is 4.00. The third-order valence-electron chi connectivity index (χ3n) is 4.21. The maximum absolute atomic E-state index is 12.9. The summed E-state index contributed by atoms with van der Waals surface area (Å²) in [5, 5.41) is 8.49. The topological polar surface area (TPSA) is 84.4 Å². The zero-order valence-corrected chi connectivity index (χ0v) is 17.2. The molecule has 0 aliphatic heterocycles. The second kappa shape index (κ2) is 8.74. The number of nitrogen functional groups attached to an aromatic ring is 1. The number of thioether (sulfide) groups is 1. The van der Waals surface area contributed by atoms with E-state index in [4.69, 9.17) is 20.1 Å². The number of rotatable bonds is 7. The SMILES string of the molecule is COc1cc(-c2nnc(SCc3cccc(C(F)(F)F)c3)n2N)cc(OC)c1OC. The van der Waals surface area contributed by atoms with E-state index in [1.807, 2.05) is 0 Å². The van der Waals surface area contributed by atoms with Gasteiger partial charge in [-0.3, -0.25) is 0 Å². The van der Waals surface area contributed by atoms with Gasteiger partial charge in [-0.15, -0.1) is 10.2 Å². The summed E-state index contributed by atoms with van der Waals surface area (Å²) in [4.78, 5) is 0. The fourth-order valence-electron chi connectivity index (χ4n) is 2.77. The van der Waals surface area contributed by atoms with Crippen LogP contribution in [0.3, 0.4) is 0 Å². The van der Waals surface area contributed by atoms with Gasteiger partial charge in [-0.25, -0.2) is 4.68 Å². The van der Waals surface area contributed by atoms with E-state index in [9.17, 15) is 13.2 Å². The molecule has 0 aliphatic carbocycles. The van der Waals surface area contributed by atoms with Crippen molar-refractivity contribution in [3.05, 3.63) is 47.5 Å². The minimum Gasteiger partial charge on any atom is -0.493 e. The molecule has 11 heteroatoms. The zero-order chi connectivity index (χ0) is 21.9. The molecule has 0 aliphatic rings. The van der Waals surface area contributed by atoms with Gasteiger partial charge in [0, 0.05) is 11.3 Å². The van der Waals surface area contributed by atoms with Crippen molar-refractivity contribution in [3.63, 3.8) is 0 Å². The van der Waals surface area contributed by atoms with Crippen molar-refractivity contribution in [2.24, 2.45) is 0 Å². The highest BCUT2D eigenvalue weighted by atomic mass is 32.2. The lowest BCUT2D eigenvalue weighted by atomic mass is 10.1. The highest BCUT2D eigenvalue weighted by molar-refractivity contribution is 7.98. The van der Waals surface area contributed by atoms with Crippen molar-refractivity contribution in [1.29, 1.82) is 0 Å². The Morgan fingerprint density at radius 3 is 2.23 bits per heavy atom. The van der Waals surface area contributed by atoms with Crippen LogP contribution in [0.1, 0.15) is 11.1 Å². The van der Waals surface area contributed by atoms with Crippen molar-refractivity contribution in [2.75, 3.05) is 27.2 Å². The molecular formula is C19H19F3N4O3S. The van der Waals surface area contributed by atoms with E-state index >= 15 is 0 Å². The quantitative estimate of drug-likeness (QED) is 0.439. The van der Waals surface area contributed by atoms with Crippen molar-refractivity contribution in [3.8, 4) is 28.6 Å². The Labute approximate surface area is 174 Å². The monoisotopic (exact) mass is 440 g/mol. The maximum Gasteiger partial charge on any atom is 0.416 e. The minimum atomic E-state index is -4.39. The lowest BCUT2D eigenvalue weighted by Gasteiger charge is -2.13. The molecule has 3 rings (SSSR count). The molecule has 160 valence electrons. The lowest BCUT2D eigenvalue weighted by Crippen LogP contribution is -2.12. The Balaban J connectivity index is 1.85. The molecule has 0 radical (unpaired) electrons. The number of nitrogens with two attached hydrogens (primary N) is 1. The first-order valence-corrected chi connectivity index (χ1v) is 9.56. The third kappa shape index (κ3) is 4.40. The summed E-state index contributed by atoms with van der Waals surface area (Å²) in [6, 6.07) is 8.46. The van der Waals surface area contributed by atoms with Gasteiger partial charge in [0.1, 0.15) is 0 Å². The van der Waals surface area contributed by atoms with Gasteiger partial charge in [-0.2, -0.15) is 13.2 Å². The molecule has 0 bridgehead atoms. The summed E-state index contributed by atoms with van der Waals surface area (Å²) >= 11 is 1.17. The van der Waals surface area contributed by atoms with Crippen LogP contribution in [0.15, 0.2) is 41.6 Å². The third-order valence-corrected chi connectivity index (χ3v) is 5.22. The Kier molecular flexibility index (Phi) is 6.30. The van der Waals surface area contributed by atoms with Crippen molar-refractivity contribution < 1.29 is 27.4 Å². The van der Waals surface area contributed by atoms with Crippen molar-refractivity contribution >= 4 is 11.8 Å². The molecule has 0 spiro atoms. The summed E-state index contributed by atoms with van der Waals surface area (Å²) < 4.78 is 55.9. The summed E-state index contributed by atoms with van der Waals surface area (Å²) in [6.45, 7) is 0. The molecule has 0 unspecified atom stereocenters. The summed E-state index contributed by atoms with van der Waals surface area (Å²) in [5.74, 6) is 7.98. The molecule has 7 nitrogen and oxygen atoms in total. The van der Waals surface area contributed by atoms with Crippen LogP contribution in [0.25, 0.3) is 11.4 Å². The van der Waals surface area contributed by atoms with Gasteiger partial charge in [0.15, 0.2) is 17.3 Å². The molecule has 0 amide bonds. The first-order valence-electron chi connectivity index (χ1n) is 8.58. The predicted molar refractivity (Wildman–Crippen MR) is 106 cm³/mol. The van der Waals surface area contributed by atoms with Gasteiger partial charge in [0.2, 0.25) is 10.9 Å². The number of ether oxygens (including phenoxy) is 3. The van der Waals surface area contributed by atoms with E-state index < -0.39 is 11.7 Å². The summed E-state index contributed by atoms with van der Waals surface area (Å²) in [7, 11) is 4.48. The molecule has 0 fully saturated rings. The van der Waals surface area contributed by atoms with Crippen molar-refractivity contribution in [1.82, 2.24) is 14.9 Å². The standard InChI is InChI=1S/C19H19F3N4O3S/c1-27-14-8-12(9-15(28-2)16(14)29-3)17-24-25-18(26(17)23)30-10-11-5-4-6-13(7-11)19(20,21)22/h4-9H,10,23H2,1-3H3. The van der Waals surface area contributed by atoms with E-state index in [1.54, 1.807) is 18.2 Å². The molecule has 0 atom stereocenters. The van der Waals surface area contributed by atoms with Gasteiger partial charge in [0.25, 0.3) is 0 Å². The van der Waals surface area contributed by atoms with Crippen LogP contribution in [0.2, 0.25) is 0 Å². The Morgan fingerprint density at radius 2 is 1.67 bits per heavy atom. The number of aromatic nitrogens is 3. The van der Waals surface area contributed by atoms with Crippen LogP contribution >= 0.6 is 11.8 Å². The molecule has 0 saturated heterocycles. The fraction of sp³-hybridized carbons (Fsp3) is 0.263. The van der Waals surface area contributed by atoms with Gasteiger partial charge >= 0.3 is 6.18 Å². The van der Waals surface area contributed by atoms with Crippen LogP contribution in [0, 0.1) is 0 Å². The van der Waals surface area contributed by atoms with E-state index in [1.165, 1.54) is 43.8 Å². The van der Waals surface area contributed by atoms with Crippen LogP contribution in [0.4, 0.5) is 13.2 Å². The van der Waals surface area contributed by atoms with Crippen LogP contribution < -0.4 is 20.1 Å². The number of nitrogens with zero attached hydrogens (tertiary/aromatic N) is 3. The van der Waals surface area contributed by atoms with Crippen molar-refractivity contribution in [2.45, 2.75) is 17.1 Å². The van der Waals surface area contributed by atoms with E-state index in [0.29, 0.717) is 39.4 Å². The van der Waals surface area contributed by atoms with Gasteiger partial charge in [0.05, 0.1) is 26.9 Å². The number of benzene rings is 2. The largest absolute Gasteiger partial charge is 0.493 e. The van der Waals surface area contributed by atoms with Crippen LogP contribution in [-0.4, -0.2) is 36.2 Å². The van der Waals surface area contributed by atoms with Gasteiger partial charge < -0.3 is 20.1 Å². The van der Waals surface area contributed by atoms with Gasteiger partial charge in [-0.1, -0.05) is 30.0 Å². The summed E-state index contributed by atoms with van der Waals surface area (Å²) in [5.41, 5.74) is 0.366. The average Bonchev–Trinajstić information content (AvgIpc) is 3.11. The number of hydrogen-bond donors (Lipinski definition) is 1. The van der Waals surface area contributed by atoms with E-state index in [-0.39, 0.29) is 5.75 Å². The van der Waals surface area contributed by atoms with Crippen LogP contribution in [0.5, 0.6) is 17.2 Å². The minimum absolute atomic E-state index is 0.245. The van der Waals surface area contributed by atoms with Crippen LogP contribution in [-0.2, 0) is 11.9 Å². The summed E-state index contributed by atoms with van der Waals surface area (Å²) in [6.07, 6.45) is -4.39. The highest BCUT2D eigenvalue weighted by Gasteiger charge is 2.30. The van der Waals surface area contributed by atoms with Gasteiger partial charge in [-0.05, 0) is 23.8 Å². The molecule has 1 aromatic heterocycles. The molecule has 30 heavy (non-hydrogen) atoms. The average molecular weight is 440 g/mol. The molecule has 3 aromatic rings. The smallest absolute Gasteiger partial charge is 0.416 e. The second-order valence-electron chi connectivity index (χ2n) is 6.08. The molecule has 2 N–H and O–H groups in total. The fourth-order valence-corrected chi connectivity index (χ4v) is 3.57. The number of alkyl halides is 3. The molecule has 2 aromatic carbocycles. The zero-order valence-electron chi connectivity index (χ0n) is 16.4. The molecular weight excluding hydrogens is 421 g/mol. The normalized spacial score (nSPS) is 11.4. The Morgan fingerprint density at radius 1 is 1.00 bits per heavy atom. The molecule has 1 heterocycles. The lowest BCUT2D eigenvalue weighted by molar-refractivity contribution is -0.137. The second-order valence-corrected chi connectivity index (χ2v) is 7.02. The van der Waals surface area contributed by atoms with E-state index in [0.717, 1.165) is 12.1 Å². The first-order chi connectivity index (χ1) is 14.3.